The summed E-state index contributed by atoms with van der Waals surface area (Å²) in [6.45, 7) is 4.40. The van der Waals surface area contributed by atoms with Gasteiger partial charge in [-0.15, -0.1) is 0 Å². The zero-order valence-electron chi connectivity index (χ0n) is 20.4. The molecule has 0 heterocycles. The van der Waals surface area contributed by atoms with Gasteiger partial charge in [0.25, 0.3) is 0 Å². The fourth-order valence-electron chi connectivity index (χ4n) is 4.00. The summed E-state index contributed by atoms with van der Waals surface area (Å²) in [5, 5.41) is 9.36. The molecule has 0 aliphatic carbocycles. The second kappa shape index (κ2) is 23.7. The van der Waals surface area contributed by atoms with Crippen molar-refractivity contribution < 1.29 is 69.5 Å². The molecule has 2 atom stereocenters. The Kier molecular flexibility index (Phi) is 26.6. The first-order valence-electron chi connectivity index (χ1n) is 12.5. The molecule has 30 heavy (non-hydrogen) atoms. The van der Waals surface area contributed by atoms with Gasteiger partial charge in [-0.1, -0.05) is 117 Å². The first kappa shape index (κ1) is 33.7. The van der Waals surface area contributed by atoms with Crippen LogP contribution in [0.4, 0.5) is 0 Å². The Hall–Kier alpha value is 1.51. The molecule has 0 radical (unpaired) electrons. The topological polar surface area (TPSA) is 77.4 Å². The quantitative estimate of drug-likeness (QED) is 0.146. The smallest absolute Gasteiger partial charge is 0.748 e. The number of aliphatic hydroxyl groups is 1. The standard InChI is InChI=1S/C24H50O4S.K/c1-3-5-7-9-11-15-19-23(25)20-16-13-14-18-22-24(29(26,27)28)21-17-12-10-8-6-4-2;/h23-25H,3-22H2,1-2H3,(H,26,27,28);/q;+1/p-1. The molecule has 0 aliphatic rings. The Morgan fingerprint density at radius 3 is 1.23 bits per heavy atom. The van der Waals surface area contributed by atoms with Gasteiger partial charge in [0.05, 0.1) is 16.2 Å². The Bertz CT molecular complexity index is 442. The number of hydrogen-bond donors (Lipinski definition) is 1. The molecule has 0 fully saturated rings. The van der Waals surface area contributed by atoms with E-state index >= 15 is 0 Å². The number of rotatable bonds is 22. The maximum Gasteiger partial charge on any atom is 1.00 e. The van der Waals surface area contributed by atoms with Crippen molar-refractivity contribution in [3.8, 4) is 0 Å². The van der Waals surface area contributed by atoms with Crippen LogP contribution in [0.15, 0.2) is 0 Å². The molecule has 6 heteroatoms. The zero-order chi connectivity index (χ0) is 21.8. The molecule has 0 spiro atoms. The van der Waals surface area contributed by atoms with E-state index < -0.39 is 15.4 Å². The molecular formula is C24H49KO4S. The second-order valence-corrected chi connectivity index (χ2v) is 10.5. The van der Waals surface area contributed by atoms with Crippen molar-refractivity contribution in [2.24, 2.45) is 0 Å². The molecule has 0 saturated heterocycles. The second-order valence-electron chi connectivity index (χ2n) is 8.87. The molecule has 0 amide bonds. The van der Waals surface area contributed by atoms with Crippen molar-refractivity contribution >= 4 is 10.1 Å². The van der Waals surface area contributed by atoms with Gasteiger partial charge in [-0.3, -0.25) is 0 Å². The minimum atomic E-state index is -4.18. The summed E-state index contributed by atoms with van der Waals surface area (Å²) in [4.78, 5) is 0. The van der Waals surface area contributed by atoms with Crippen LogP contribution in [0, 0.1) is 0 Å². The van der Waals surface area contributed by atoms with Crippen molar-refractivity contribution in [2.75, 3.05) is 0 Å². The van der Waals surface area contributed by atoms with Crippen molar-refractivity contribution in [2.45, 2.75) is 154 Å². The van der Waals surface area contributed by atoms with Gasteiger partial charge in [0, 0.05) is 5.25 Å². The predicted molar refractivity (Wildman–Crippen MR) is 123 cm³/mol. The van der Waals surface area contributed by atoms with Crippen molar-refractivity contribution in [1.29, 1.82) is 0 Å². The van der Waals surface area contributed by atoms with Gasteiger partial charge in [-0.25, -0.2) is 8.42 Å². The molecule has 0 aromatic heterocycles. The zero-order valence-corrected chi connectivity index (χ0v) is 24.3. The van der Waals surface area contributed by atoms with Crippen LogP contribution < -0.4 is 51.4 Å². The van der Waals surface area contributed by atoms with E-state index in [9.17, 15) is 18.1 Å². The Morgan fingerprint density at radius 1 is 0.600 bits per heavy atom. The maximum atomic E-state index is 11.5. The summed E-state index contributed by atoms with van der Waals surface area (Å²) in [5.41, 5.74) is 0. The van der Waals surface area contributed by atoms with Gasteiger partial charge in [0.2, 0.25) is 0 Å². The van der Waals surface area contributed by atoms with E-state index in [2.05, 4.69) is 13.8 Å². The van der Waals surface area contributed by atoms with Crippen molar-refractivity contribution in [3.05, 3.63) is 0 Å². The van der Waals surface area contributed by atoms with E-state index in [1.807, 2.05) is 0 Å². The Morgan fingerprint density at radius 2 is 0.900 bits per heavy atom. The van der Waals surface area contributed by atoms with E-state index in [1.54, 1.807) is 0 Å². The van der Waals surface area contributed by atoms with Gasteiger partial charge in [0.15, 0.2) is 0 Å². The van der Waals surface area contributed by atoms with Crippen LogP contribution in [0.2, 0.25) is 0 Å². The summed E-state index contributed by atoms with van der Waals surface area (Å²) in [6.07, 6.45) is 20.5. The van der Waals surface area contributed by atoms with Crippen LogP contribution in [0.1, 0.15) is 142 Å². The number of hydrogen-bond acceptors (Lipinski definition) is 4. The van der Waals surface area contributed by atoms with Crippen LogP contribution in [0.3, 0.4) is 0 Å². The van der Waals surface area contributed by atoms with Crippen molar-refractivity contribution in [3.63, 3.8) is 0 Å². The number of unbranched alkanes of at least 4 members (excludes halogenated alkanes) is 13. The Labute approximate surface area is 230 Å². The average molecular weight is 473 g/mol. The molecule has 0 bridgehead atoms. The summed E-state index contributed by atoms with van der Waals surface area (Å²) in [5.74, 6) is 0. The molecule has 0 saturated carbocycles. The van der Waals surface area contributed by atoms with E-state index in [1.165, 1.54) is 51.4 Å². The summed E-state index contributed by atoms with van der Waals surface area (Å²) < 4.78 is 34.5. The molecule has 4 nitrogen and oxygen atoms in total. The largest absolute Gasteiger partial charge is 1.00 e. The molecule has 176 valence electrons. The first-order valence-corrected chi connectivity index (χ1v) is 14.0. The molecule has 0 aromatic carbocycles. The fourth-order valence-corrected chi connectivity index (χ4v) is 4.91. The van der Waals surface area contributed by atoms with Gasteiger partial charge < -0.3 is 9.66 Å². The fraction of sp³-hybridized carbons (Fsp3) is 1.00. The minimum absolute atomic E-state index is 0. The summed E-state index contributed by atoms with van der Waals surface area (Å²) in [7, 11) is -4.18. The van der Waals surface area contributed by atoms with E-state index in [-0.39, 0.29) is 57.5 Å². The van der Waals surface area contributed by atoms with Crippen LogP contribution in [0.25, 0.3) is 0 Å². The van der Waals surface area contributed by atoms with Crippen LogP contribution in [-0.4, -0.2) is 29.4 Å². The molecule has 0 aromatic rings. The van der Waals surface area contributed by atoms with Gasteiger partial charge in [0.1, 0.15) is 0 Å². The molecule has 2 unspecified atom stereocenters. The summed E-state index contributed by atoms with van der Waals surface area (Å²) >= 11 is 0. The van der Waals surface area contributed by atoms with Crippen LogP contribution in [0.5, 0.6) is 0 Å². The van der Waals surface area contributed by atoms with Crippen LogP contribution in [-0.2, 0) is 10.1 Å². The predicted octanol–water partition coefficient (Wildman–Crippen LogP) is 4.11. The van der Waals surface area contributed by atoms with E-state index in [0.29, 0.717) is 12.8 Å². The van der Waals surface area contributed by atoms with Gasteiger partial charge >= 0.3 is 51.4 Å². The van der Waals surface area contributed by atoms with E-state index in [0.717, 1.165) is 64.2 Å². The minimum Gasteiger partial charge on any atom is -0.748 e. The van der Waals surface area contributed by atoms with Gasteiger partial charge in [-0.05, 0) is 25.7 Å². The molecule has 1 N–H and O–H groups in total. The molecular weight excluding hydrogens is 423 g/mol. The average Bonchev–Trinajstić information content (AvgIpc) is 2.67. The normalized spacial score (nSPS) is 13.7. The third-order valence-electron chi connectivity index (χ3n) is 5.99. The monoisotopic (exact) mass is 472 g/mol. The van der Waals surface area contributed by atoms with Gasteiger partial charge in [-0.2, -0.15) is 0 Å². The maximum absolute atomic E-state index is 11.5. The third kappa shape index (κ3) is 22.7. The van der Waals surface area contributed by atoms with E-state index in [4.69, 9.17) is 0 Å². The third-order valence-corrected chi connectivity index (χ3v) is 7.28. The molecule has 0 aliphatic heterocycles. The first-order chi connectivity index (χ1) is 13.9. The number of aliphatic hydroxyl groups excluding tert-OH is 1. The summed E-state index contributed by atoms with van der Waals surface area (Å²) in [6, 6.07) is 0. The van der Waals surface area contributed by atoms with Crippen molar-refractivity contribution in [1.82, 2.24) is 0 Å². The van der Waals surface area contributed by atoms with Crippen LogP contribution >= 0.6 is 0 Å². The molecule has 0 rings (SSSR count). The Balaban J connectivity index is 0. The SMILES string of the molecule is CCCCCCCCC(O)CCCCCCC(CCCCCCCC)S(=O)(=O)[O-].[K+].